The third-order valence-corrected chi connectivity index (χ3v) is 4.23. The van der Waals surface area contributed by atoms with E-state index in [1.54, 1.807) is 0 Å². The van der Waals surface area contributed by atoms with Gasteiger partial charge in [-0.05, 0) is 33.3 Å². The van der Waals surface area contributed by atoms with E-state index in [-0.39, 0.29) is 18.1 Å². The SMILES string of the molecule is Cc1cnn([C@H](C)[C@H](C)N[C@@H](C)c2nc(-c3ccccc3)no2)c1. The van der Waals surface area contributed by atoms with Crippen LogP contribution in [-0.2, 0) is 0 Å². The van der Waals surface area contributed by atoms with Crippen molar-refractivity contribution in [2.45, 2.75) is 45.8 Å². The summed E-state index contributed by atoms with van der Waals surface area (Å²) in [7, 11) is 0. The molecule has 0 amide bonds. The lowest BCUT2D eigenvalue weighted by molar-refractivity contribution is 0.292. The number of hydrogen-bond donors (Lipinski definition) is 1. The fourth-order valence-electron chi connectivity index (χ4n) is 2.61. The van der Waals surface area contributed by atoms with Crippen LogP contribution < -0.4 is 5.32 Å². The van der Waals surface area contributed by atoms with Crippen molar-refractivity contribution in [1.82, 2.24) is 25.2 Å². The van der Waals surface area contributed by atoms with E-state index in [4.69, 9.17) is 4.52 Å². The van der Waals surface area contributed by atoms with Crippen molar-refractivity contribution in [3.63, 3.8) is 0 Å². The summed E-state index contributed by atoms with van der Waals surface area (Å²) in [6.07, 6.45) is 3.92. The molecule has 0 saturated carbocycles. The summed E-state index contributed by atoms with van der Waals surface area (Å²) in [5.41, 5.74) is 2.11. The van der Waals surface area contributed by atoms with E-state index in [0.29, 0.717) is 11.7 Å². The molecule has 0 spiro atoms. The Hall–Kier alpha value is -2.47. The van der Waals surface area contributed by atoms with Gasteiger partial charge in [-0.15, -0.1) is 0 Å². The number of benzene rings is 1. The Kier molecular flexibility index (Phi) is 4.76. The zero-order valence-electron chi connectivity index (χ0n) is 14.5. The first-order chi connectivity index (χ1) is 11.5. The summed E-state index contributed by atoms with van der Waals surface area (Å²) < 4.78 is 7.40. The molecule has 3 aromatic rings. The number of aromatic nitrogens is 4. The van der Waals surface area contributed by atoms with Gasteiger partial charge in [-0.2, -0.15) is 10.1 Å². The predicted molar refractivity (Wildman–Crippen MR) is 92.4 cm³/mol. The van der Waals surface area contributed by atoms with Gasteiger partial charge in [0.25, 0.3) is 0 Å². The zero-order chi connectivity index (χ0) is 17.1. The molecule has 126 valence electrons. The molecule has 2 aromatic heterocycles. The fraction of sp³-hybridized carbons (Fsp3) is 0.389. The summed E-state index contributed by atoms with van der Waals surface area (Å²) in [5.74, 6) is 1.20. The van der Waals surface area contributed by atoms with Crippen molar-refractivity contribution in [3.05, 3.63) is 54.2 Å². The highest BCUT2D eigenvalue weighted by Crippen LogP contribution is 2.20. The maximum absolute atomic E-state index is 5.43. The van der Waals surface area contributed by atoms with Gasteiger partial charge < -0.3 is 9.84 Å². The molecule has 0 saturated heterocycles. The molecule has 0 unspecified atom stereocenters. The van der Waals surface area contributed by atoms with Crippen LogP contribution in [0.25, 0.3) is 11.4 Å². The molecule has 3 atom stereocenters. The molecular formula is C18H23N5O. The van der Waals surface area contributed by atoms with E-state index in [1.165, 1.54) is 0 Å². The average Bonchev–Trinajstić information content (AvgIpc) is 3.24. The first kappa shape index (κ1) is 16.4. The molecule has 0 radical (unpaired) electrons. The van der Waals surface area contributed by atoms with Crippen LogP contribution in [0, 0.1) is 6.92 Å². The second kappa shape index (κ2) is 6.97. The largest absolute Gasteiger partial charge is 0.337 e. The van der Waals surface area contributed by atoms with E-state index in [0.717, 1.165) is 11.1 Å². The van der Waals surface area contributed by atoms with Crippen LogP contribution >= 0.6 is 0 Å². The lowest BCUT2D eigenvalue weighted by atomic mass is 10.1. The van der Waals surface area contributed by atoms with E-state index >= 15 is 0 Å². The normalized spacial score (nSPS) is 15.2. The Bertz CT molecular complexity index is 780. The van der Waals surface area contributed by atoms with Crippen LogP contribution in [0.5, 0.6) is 0 Å². The molecule has 0 fully saturated rings. The van der Waals surface area contributed by atoms with Gasteiger partial charge in [0.05, 0.1) is 18.3 Å². The van der Waals surface area contributed by atoms with Gasteiger partial charge in [-0.25, -0.2) is 0 Å². The van der Waals surface area contributed by atoms with Gasteiger partial charge >= 0.3 is 0 Å². The number of nitrogens with zero attached hydrogens (tertiary/aromatic N) is 4. The second-order valence-electron chi connectivity index (χ2n) is 6.24. The molecule has 3 rings (SSSR count). The van der Waals surface area contributed by atoms with Crippen molar-refractivity contribution < 1.29 is 4.52 Å². The Labute approximate surface area is 141 Å². The Balaban J connectivity index is 1.66. The summed E-state index contributed by atoms with van der Waals surface area (Å²) in [5, 5.41) is 12.0. The quantitative estimate of drug-likeness (QED) is 0.750. The van der Waals surface area contributed by atoms with E-state index in [1.807, 2.05) is 61.3 Å². The number of nitrogens with one attached hydrogen (secondary N) is 1. The van der Waals surface area contributed by atoms with Gasteiger partial charge in [0.1, 0.15) is 0 Å². The molecule has 2 heterocycles. The number of rotatable bonds is 6. The minimum absolute atomic E-state index is 0.0379. The second-order valence-corrected chi connectivity index (χ2v) is 6.24. The molecule has 1 N–H and O–H groups in total. The van der Waals surface area contributed by atoms with Gasteiger partial charge in [-0.3, -0.25) is 4.68 Å². The van der Waals surface area contributed by atoms with Gasteiger partial charge in [0.2, 0.25) is 11.7 Å². The fourth-order valence-corrected chi connectivity index (χ4v) is 2.61. The molecular weight excluding hydrogens is 302 g/mol. The molecule has 24 heavy (non-hydrogen) atoms. The molecule has 6 heteroatoms. The van der Waals surface area contributed by atoms with Crippen molar-refractivity contribution in [2.75, 3.05) is 0 Å². The van der Waals surface area contributed by atoms with Crippen LogP contribution in [0.3, 0.4) is 0 Å². The van der Waals surface area contributed by atoms with E-state index in [2.05, 4.69) is 34.4 Å². The van der Waals surface area contributed by atoms with Crippen LogP contribution in [0.15, 0.2) is 47.2 Å². The summed E-state index contributed by atoms with van der Waals surface area (Å²) in [6.45, 7) is 8.34. The topological polar surface area (TPSA) is 68.8 Å². The first-order valence-corrected chi connectivity index (χ1v) is 8.20. The Morgan fingerprint density at radius 1 is 1.12 bits per heavy atom. The highest BCUT2D eigenvalue weighted by Gasteiger charge is 2.21. The predicted octanol–water partition coefficient (Wildman–Crippen LogP) is 3.54. The van der Waals surface area contributed by atoms with Crippen LogP contribution in [0.2, 0.25) is 0 Å². The van der Waals surface area contributed by atoms with Gasteiger partial charge in [0, 0.05) is 17.8 Å². The maximum atomic E-state index is 5.43. The monoisotopic (exact) mass is 325 g/mol. The number of hydrogen-bond acceptors (Lipinski definition) is 5. The average molecular weight is 325 g/mol. The van der Waals surface area contributed by atoms with Crippen LogP contribution in [0.4, 0.5) is 0 Å². The van der Waals surface area contributed by atoms with Crippen LogP contribution in [-0.4, -0.2) is 26.0 Å². The van der Waals surface area contributed by atoms with Crippen LogP contribution in [0.1, 0.15) is 44.3 Å². The zero-order valence-corrected chi connectivity index (χ0v) is 14.5. The van der Waals surface area contributed by atoms with Crippen molar-refractivity contribution in [1.29, 1.82) is 0 Å². The lowest BCUT2D eigenvalue weighted by Gasteiger charge is -2.24. The highest BCUT2D eigenvalue weighted by molar-refractivity contribution is 5.53. The maximum Gasteiger partial charge on any atom is 0.243 e. The van der Waals surface area contributed by atoms with Gasteiger partial charge in [0.15, 0.2) is 0 Å². The molecule has 0 aliphatic rings. The van der Waals surface area contributed by atoms with Crippen molar-refractivity contribution >= 4 is 0 Å². The standard InChI is InChI=1S/C18H23N5O/c1-12-10-19-23(11-12)15(4)13(2)20-14(3)18-21-17(22-24-18)16-8-6-5-7-9-16/h5-11,13-15,20H,1-4H3/t13-,14-,15+/m0/s1. The first-order valence-electron chi connectivity index (χ1n) is 8.20. The third-order valence-electron chi connectivity index (χ3n) is 4.23. The number of aryl methyl sites for hydroxylation is 1. The minimum Gasteiger partial charge on any atom is -0.337 e. The summed E-state index contributed by atoms with van der Waals surface area (Å²) in [4.78, 5) is 4.51. The smallest absolute Gasteiger partial charge is 0.243 e. The lowest BCUT2D eigenvalue weighted by Crippen LogP contribution is -2.35. The molecule has 0 bridgehead atoms. The summed E-state index contributed by atoms with van der Waals surface area (Å²) in [6, 6.07) is 10.2. The van der Waals surface area contributed by atoms with Gasteiger partial charge in [-0.1, -0.05) is 35.5 Å². The highest BCUT2D eigenvalue weighted by atomic mass is 16.5. The van der Waals surface area contributed by atoms with Crippen molar-refractivity contribution in [2.24, 2.45) is 0 Å². The van der Waals surface area contributed by atoms with E-state index < -0.39 is 0 Å². The minimum atomic E-state index is -0.0379. The molecule has 0 aliphatic carbocycles. The summed E-state index contributed by atoms with van der Waals surface area (Å²) >= 11 is 0. The van der Waals surface area contributed by atoms with Crippen molar-refractivity contribution in [3.8, 4) is 11.4 Å². The molecule has 0 aliphatic heterocycles. The Morgan fingerprint density at radius 3 is 2.54 bits per heavy atom. The Morgan fingerprint density at radius 2 is 1.88 bits per heavy atom. The van der Waals surface area contributed by atoms with E-state index in [9.17, 15) is 0 Å². The third kappa shape index (κ3) is 3.54. The molecule has 1 aromatic carbocycles. The molecule has 6 nitrogen and oxygen atoms in total.